The van der Waals surface area contributed by atoms with Gasteiger partial charge in [0.05, 0.1) is 16.8 Å². The van der Waals surface area contributed by atoms with Crippen LogP contribution in [0.2, 0.25) is 0 Å². The lowest BCUT2D eigenvalue weighted by atomic mass is 9.85. The lowest BCUT2D eigenvalue weighted by molar-refractivity contribution is -0.384. The zero-order valence-corrected chi connectivity index (χ0v) is 12.8. The predicted octanol–water partition coefficient (Wildman–Crippen LogP) is 0.988. The monoisotopic (exact) mass is 346 g/mol. The van der Waals surface area contributed by atoms with Crippen LogP contribution in [0.5, 0.6) is 5.75 Å². The highest BCUT2D eigenvalue weighted by Gasteiger charge is 2.60. The van der Waals surface area contributed by atoms with Gasteiger partial charge >= 0.3 is 6.48 Å². The van der Waals surface area contributed by atoms with Crippen molar-refractivity contribution >= 4 is 17.5 Å². The fourth-order valence-electron chi connectivity index (χ4n) is 3.85. The molecule has 2 bridgehead atoms. The number of aliphatic hydroxyl groups excluding tert-OH is 1. The first-order valence-corrected chi connectivity index (χ1v) is 7.78. The Bertz CT molecular complexity index is 745. The van der Waals surface area contributed by atoms with Crippen molar-refractivity contribution in [3.63, 3.8) is 0 Å². The van der Waals surface area contributed by atoms with Gasteiger partial charge in [0.25, 0.3) is 17.5 Å². The fourth-order valence-corrected chi connectivity index (χ4v) is 3.85. The van der Waals surface area contributed by atoms with Gasteiger partial charge in [-0.2, -0.15) is 4.84 Å². The molecule has 2 aliphatic carbocycles. The van der Waals surface area contributed by atoms with E-state index in [-0.39, 0.29) is 23.3 Å². The molecule has 1 saturated heterocycles. The summed E-state index contributed by atoms with van der Waals surface area (Å²) in [6, 6.07) is 4.94. The fraction of sp³-hybridized carbons (Fsp3) is 0.375. The van der Waals surface area contributed by atoms with Crippen molar-refractivity contribution in [2.24, 2.45) is 23.7 Å². The molecule has 1 aliphatic heterocycles. The molecule has 25 heavy (non-hydrogen) atoms. The molecule has 2 amide bonds. The summed E-state index contributed by atoms with van der Waals surface area (Å²) in [5.41, 5.74) is -0.136. The number of hydrogen-bond acceptors (Lipinski definition) is 7. The zero-order valence-electron chi connectivity index (χ0n) is 12.8. The number of carbonyl (C=O) groups excluding carboxylic acids is 2. The number of nitro groups is 1. The number of benzene rings is 1. The Labute approximate surface area is 141 Å². The highest BCUT2D eigenvalue weighted by Crippen LogP contribution is 2.52. The van der Waals surface area contributed by atoms with E-state index in [0.29, 0.717) is 5.06 Å². The first kappa shape index (κ1) is 15.7. The van der Waals surface area contributed by atoms with Crippen molar-refractivity contribution in [1.82, 2.24) is 5.06 Å². The number of hydroxylamine groups is 2. The number of non-ortho nitro benzene ring substituents is 1. The number of fused-ring (bicyclic) bond motifs is 5. The summed E-state index contributed by atoms with van der Waals surface area (Å²) in [4.78, 5) is 39.8. The summed E-state index contributed by atoms with van der Waals surface area (Å²) < 4.78 is 5.05. The van der Waals surface area contributed by atoms with E-state index in [4.69, 9.17) is 9.57 Å². The number of nitro benzene ring substituents is 1. The SMILES string of the molecule is O=C1C2C3C=CC(C3)C2C(=O)N1OC(O)Oc1ccc([N+](=O)[O-])cc1. The Morgan fingerprint density at radius 3 is 2.20 bits per heavy atom. The second-order valence-electron chi connectivity index (χ2n) is 6.25. The van der Waals surface area contributed by atoms with E-state index in [1.165, 1.54) is 24.3 Å². The molecule has 1 heterocycles. The molecular formula is C16H14N2O7. The van der Waals surface area contributed by atoms with E-state index in [1.807, 2.05) is 12.2 Å². The summed E-state index contributed by atoms with van der Waals surface area (Å²) >= 11 is 0. The number of hydrogen-bond donors (Lipinski definition) is 1. The van der Waals surface area contributed by atoms with Crippen LogP contribution in [0.4, 0.5) is 5.69 Å². The van der Waals surface area contributed by atoms with Crippen LogP contribution in [-0.4, -0.2) is 33.4 Å². The molecule has 1 N–H and O–H groups in total. The van der Waals surface area contributed by atoms with Gasteiger partial charge in [0.15, 0.2) is 0 Å². The van der Waals surface area contributed by atoms with Crippen molar-refractivity contribution < 1.29 is 29.2 Å². The van der Waals surface area contributed by atoms with Crippen molar-refractivity contribution in [2.75, 3.05) is 0 Å². The standard InChI is InChI=1S/C16H14N2O7/c19-14-12-8-1-2-9(7-8)13(12)15(20)17(14)25-16(21)24-11-5-3-10(4-6-11)18(22)23/h1-6,8-9,12-13,16,21H,7H2. The van der Waals surface area contributed by atoms with Crippen LogP contribution in [0.15, 0.2) is 36.4 Å². The summed E-state index contributed by atoms with van der Waals surface area (Å²) in [5, 5.41) is 21.0. The Morgan fingerprint density at radius 2 is 1.68 bits per heavy atom. The molecular weight excluding hydrogens is 332 g/mol. The van der Waals surface area contributed by atoms with Gasteiger partial charge in [-0.15, -0.1) is 5.06 Å². The van der Waals surface area contributed by atoms with Crippen LogP contribution in [0.25, 0.3) is 0 Å². The number of rotatable bonds is 5. The topological polar surface area (TPSA) is 119 Å². The summed E-state index contributed by atoms with van der Waals surface area (Å²) in [6.45, 7) is -1.89. The first-order valence-electron chi connectivity index (χ1n) is 7.78. The van der Waals surface area contributed by atoms with Crippen LogP contribution >= 0.6 is 0 Å². The second-order valence-corrected chi connectivity index (χ2v) is 6.25. The number of nitrogens with zero attached hydrogens (tertiary/aromatic N) is 2. The number of ether oxygens (including phenoxy) is 1. The van der Waals surface area contributed by atoms with E-state index in [0.717, 1.165) is 6.42 Å². The molecule has 3 aliphatic rings. The van der Waals surface area contributed by atoms with E-state index in [9.17, 15) is 24.8 Å². The quantitative estimate of drug-likeness (QED) is 0.277. The molecule has 9 heteroatoms. The third-order valence-electron chi connectivity index (χ3n) is 4.91. The molecule has 0 spiro atoms. The van der Waals surface area contributed by atoms with Crippen molar-refractivity contribution in [3.8, 4) is 5.75 Å². The van der Waals surface area contributed by atoms with Gasteiger partial charge in [0.1, 0.15) is 5.75 Å². The number of imide groups is 1. The maximum atomic E-state index is 12.4. The number of carbonyl (C=O) groups is 2. The van der Waals surface area contributed by atoms with Gasteiger partial charge in [-0.25, -0.2) is 0 Å². The van der Waals surface area contributed by atoms with Crippen LogP contribution in [-0.2, 0) is 14.4 Å². The van der Waals surface area contributed by atoms with Crippen LogP contribution in [0.1, 0.15) is 6.42 Å². The normalized spacial score (nSPS) is 30.7. The summed E-state index contributed by atoms with van der Waals surface area (Å²) in [5.74, 6) is -1.65. The lowest BCUT2D eigenvalue weighted by Crippen LogP contribution is -2.38. The third kappa shape index (κ3) is 2.48. The third-order valence-corrected chi connectivity index (χ3v) is 4.91. The van der Waals surface area contributed by atoms with Gasteiger partial charge in [-0.3, -0.25) is 19.7 Å². The molecule has 4 rings (SSSR count). The van der Waals surface area contributed by atoms with Gasteiger partial charge in [-0.05, 0) is 30.4 Å². The van der Waals surface area contributed by atoms with Crippen molar-refractivity contribution in [2.45, 2.75) is 12.9 Å². The minimum atomic E-state index is -1.89. The zero-order chi connectivity index (χ0) is 17.7. The van der Waals surface area contributed by atoms with Crippen LogP contribution in [0.3, 0.4) is 0 Å². The molecule has 1 aromatic rings. The lowest BCUT2D eigenvalue weighted by Gasteiger charge is -2.20. The van der Waals surface area contributed by atoms with Gasteiger partial charge in [-0.1, -0.05) is 12.2 Å². The molecule has 5 unspecified atom stereocenters. The minimum absolute atomic E-state index is 0.0350. The number of allylic oxidation sites excluding steroid dienone is 2. The highest BCUT2D eigenvalue weighted by molar-refractivity contribution is 6.05. The minimum Gasteiger partial charge on any atom is -0.440 e. The smallest absolute Gasteiger partial charge is 0.335 e. The first-order chi connectivity index (χ1) is 12.0. The number of aliphatic hydroxyl groups is 1. The number of amides is 2. The van der Waals surface area contributed by atoms with Gasteiger partial charge in [0, 0.05) is 12.1 Å². The maximum Gasteiger partial charge on any atom is 0.335 e. The Balaban J connectivity index is 1.41. The highest BCUT2D eigenvalue weighted by atomic mass is 16.9. The Hall–Kier alpha value is -2.78. The molecule has 0 radical (unpaired) electrons. The van der Waals surface area contributed by atoms with Gasteiger partial charge in [0.2, 0.25) is 0 Å². The molecule has 5 atom stereocenters. The molecule has 2 fully saturated rings. The van der Waals surface area contributed by atoms with Crippen LogP contribution in [0, 0.1) is 33.8 Å². The van der Waals surface area contributed by atoms with E-state index < -0.39 is 35.0 Å². The van der Waals surface area contributed by atoms with Gasteiger partial charge < -0.3 is 9.84 Å². The van der Waals surface area contributed by atoms with Crippen molar-refractivity contribution in [3.05, 3.63) is 46.5 Å². The van der Waals surface area contributed by atoms with Crippen LogP contribution < -0.4 is 4.74 Å². The van der Waals surface area contributed by atoms with Crippen molar-refractivity contribution in [1.29, 1.82) is 0 Å². The molecule has 1 aromatic carbocycles. The average Bonchev–Trinajstić information content (AvgIpc) is 3.25. The molecule has 1 saturated carbocycles. The molecule has 0 aromatic heterocycles. The van der Waals surface area contributed by atoms with E-state index >= 15 is 0 Å². The second kappa shape index (κ2) is 5.64. The largest absolute Gasteiger partial charge is 0.440 e. The summed E-state index contributed by atoms with van der Waals surface area (Å²) in [6.07, 6.45) is 4.69. The summed E-state index contributed by atoms with van der Waals surface area (Å²) in [7, 11) is 0. The Kier molecular flexibility index (Phi) is 3.55. The predicted molar refractivity (Wildman–Crippen MR) is 80.4 cm³/mol. The van der Waals surface area contributed by atoms with E-state index in [1.54, 1.807) is 0 Å². The average molecular weight is 346 g/mol. The molecule has 130 valence electrons. The maximum absolute atomic E-state index is 12.4. The van der Waals surface area contributed by atoms with E-state index in [2.05, 4.69) is 0 Å². The molecule has 9 nitrogen and oxygen atoms in total. The Morgan fingerprint density at radius 1 is 1.12 bits per heavy atom.